The number of esters is 1. The number of methoxy groups -OCH3 is 2. The molecule has 53 heavy (non-hydrogen) atoms. The Balaban J connectivity index is 1.36. The summed E-state index contributed by atoms with van der Waals surface area (Å²) in [6.45, 7) is 5.52. The van der Waals surface area contributed by atoms with Crippen molar-refractivity contribution in [2.24, 2.45) is 5.92 Å². The number of nitrogen functional groups attached to an aromatic ring is 1. The average Bonchev–Trinajstić information content (AvgIpc) is 3.81. The lowest BCUT2D eigenvalue weighted by molar-refractivity contribution is -0.187. The fourth-order valence-electron chi connectivity index (χ4n) is 7.35. The van der Waals surface area contributed by atoms with Crippen molar-refractivity contribution in [3.8, 4) is 5.75 Å². The van der Waals surface area contributed by atoms with Gasteiger partial charge in [-0.15, -0.1) is 0 Å². The first-order chi connectivity index (χ1) is 25.1. The SMILES string of the molecule is COc1cc2cc(c1Cl)N(C)C(=O)C[C@H](OC(=O)Nc1cc3ccc(N)cc3cn1)[C@]1(C)O[C@H]1[C@H](C)[C@@H]1C[C@@](O)(CC(=O)O1)[C@H](OC)/C=C/C=C(\C)C2. The molecule has 0 radical (unpaired) electrons. The van der Waals surface area contributed by atoms with Crippen molar-refractivity contribution in [3.63, 3.8) is 0 Å². The van der Waals surface area contributed by atoms with Crippen molar-refractivity contribution in [1.29, 1.82) is 0 Å². The number of aliphatic hydroxyl groups is 1. The van der Waals surface area contributed by atoms with Crippen LogP contribution in [0.1, 0.15) is 45.6 Å². The predicted molar refractivity (Wildman–Crippen MR) is 200 cm³/mol. The summed E-state index contributed by atoms with van der Waals surface area (Å²) in [5.41, 5.74) is 5.91. The van der Waals surface area contributed by atoms with Gasteiger partial charge in [0.05, 0.1) is 31.7 Å². The van der Waals surface area contributed by atoms with Crippen LogP contribution < -0.4 is 20.7 Å². The lowest BCUT2D eigenvalue weighted by Gasteiger charge is -2.41. The Labute approximate surface area is 313 Å². The zero-order chi connectivity index (χ0) is 38.2. The van der Waals surface area contributed by atoms with Crippen LogP contribution in [-0.4, -0.2) is 84.9 Å². The molecule has 4 N–H and O–H groups in total. The number of carbonyl (C=O) groups is 3. The molecule has 2 saturated heterocycles. The number of hydrogen-bond acceptors (Lipinski definition) is 11. The number of epoxide rings is 1. The molecule has 13 nitrogen and oxygen atoms in total. The third-order valence-electron chi connectivity index (χ3n) is 10.4. The van der Waals surface area contributed by atoms with Crippen LogP contribution in [-0.2, 0) is 35.0 Å². The van der Waals surface area contributed by atoms with Crippen LogP contribution in [0.2, 0.25) is 5.02 Å². The van der Waals surface area contributed by atoms with Gasteiger partial charge in [-0.25, -0.2) is 9.78 Å². The average molecular weight is 749 g/mol. The van der Waals surface area contributed by atoms with Crippen LogP contribution in [0.25, 0.3) is 10.8 Å². The van der Waals surface area contributed by atoms with Gasteiger partial charge in [-0.2, -0.15) is 0 Å². The number of nitrogens with zero attached hydrogens (tertiary/aromatic N) is 2. The second-order valence-corrected chi connectivity index (χ2v) is 14.7. The molecule has 0 unspecified atom stereocenters. The lowest BCUT2D eigenvalue weighted by atomic mass is 9.78. The van der Waals surface area contributed by atoms with Crippen molar-refractivity contribution < 1.29 is 43.2 Å². The van der Waals surface area contributed by atoms with Gasteiger partial charge < -0.3 is 39.4 Å². The Morgan fingerprint density at radius 2 is 1.94 bits per heavy atom. The number of carbonyl (C=O) groups excluding carboxylic acids is 3. The van der Waals surface area contributed by atoms with Crippen LogP contribution in [0.15, 0.2) is 66.4 Å². The van der Waals surface area contributed by atoms with Gasteiger partial charge in [0.25, 0.3) is 0 Å². The van der Waals surface area contributed by atoms with E-state index in [-0.39, 0.29) is 30.1 Å². The molecular weight excluding hydrogens is 704 g/mol. The van der Waals surface area contributed by atoms with E-state index < -0.39 is 59.5 Å². The maximum Gasteiger partial charge on any atom is 0.413 e. The highest BCUT2D eigenvalue weighted by molar-refractivity contribution is 6.35. The number of pyridine rings is 1. The number of fused-ring (bicyclic) bond motifs is 6. The first-order valence-electron chi connectivity index (χ1n) is 17.4. The molecule has 1 aromatic heterocycles. The van der Waals surface area contributed by atoms with Gasteiger partial charge >= 0.3 is 12.1 Å². The van der Waals surface area contributed by atoms with Crippen molar-refractivity contribution in [1.82, 2.24) is 4.98 Å². The number of halogens is 1. The monoisotopic (exact) mass is 748 g/mol. The number of nitrogens with one attached hydrogen (secondary N) is 1. The highest BCUT2D eigenvalue weighted by Gasteiger charge is 2.64. The standard InChI is InChI=1S/C39H45ClN4O9/c1-21-8-7-9-30(50-6)39(48)18-29(51-34(46)19-39)22(2)36-38(3,53-36)31(17-33(45)44(4)27-13-23(12-21)14-28(49-5)35(27)40)52-37(47)43-32-16-24-10-11-26(41)15-25(24)20-42-32/h7-11,13-16,20,22,29-31,36,48H,12,17-19,41H2,1-6H3,(H,42,43,47)/b9-7+,21-8+/t22-,29+,30-,31+,36+,38+,39-/m1/s1. The minimum Gasteiger partial charge on any atom is -0.495 e. The Bertz CT molecular complexity index is 1990. The van der Waals surface area contributed by atoms with Gasteiger partial charge in [0.1, 0.15) is 46.1 Å². The smallest absolute Gasteiger partial charge is 0.413 e. The van der Waals surface area contributed by atoms with E-state index in [1.165, 1.54) is 19.1 Å². The molecule has 2 fully saturated rings. The molecule has 0 aliphatic carbocycles. The van der Waals surface area contributed by atoms with E-state index in [4.69, 9.17) is 41.0 Å². The Hall–Kier alpha value is -4.69. The van der Waals surface area contributed by atoms with Gasteiger partial charge in [0.2, 0.25) is 5.91 Å². The second kappa shape index (κ2) is 15.0. The maximum absolute atomic E-state index is 14.1. The quantitative estimate of drug-likeness (QED) is 0.168. The molecule has 0 spiro atoms. The van der Waals surface area contributed by atoms with Gasteiger partial charge in [-0.05, 0) is 61.5 Å². The Kier molecular flexibility index (Phi) is 10.8. The normalized spacial score (nSPS) is 30.8. The van der Waals surface area contributed by atoms with Crippen LogP contribution >= 0.6 is 11.6 Å². The van der Waals surface area contributed by atoms with Gasteiger partial charge in [0, 0.05) is 43.8 Å². The zero-order valence-corrected chi connectivity index (χ0v) is 31.3. The molecule has 4 bridgehead atoms. The molecule has 2 aromatic carbocycles. The van der Waals surface area contributed by atoms with Crippen molar-refractivity contribution >= 4 is 57.5 Å². The number of rotatable bonds is 4. The van der Waals surface area contributed by atoms with E-state index in [1.54, 1.807) is 56.6 Å². The molecular formula is C39H45ClN4O9. The second-order valence-electron chi connectivity index (χ2n) is 14.3. The fourth-order valence-corrected chi connectivity index (χ4v) is 7.66. The number of nitrogens with two attached hydrogens (primary N) is 1. The summed E-state index contributed by atoms with van der Waals surface area (Å²) < 4.78 is 29.3. The largest absolute Gasteiger partial charge is 0.495 e. The molecule has 3 aliphatic rings. The van der Waals surface area contributed by atoms with Crippen LogP contribution in [0.3, 0.4) is 0 Å². The molecule has 0 saturated carbocycles. The molecule has 2 amide bonds. The van der Waals surface area contributed by atoms with Crippen molar-refractivity contribution in [2.75, 3.05) is 37.2 Å². The Morgan fingerprint density at radius 3 is 2.68 bits per heavy atom. The summed E-state index contributed by atoms with van der Waals surface area (Å²) in [5, 5.41) is 16.3. The fraction of sp³-hybridized carbons (Fsp3) is 0.436. The van der Waals surface area contributed by atoms with Crippen molar-refractivity contribution in [3.05, 3.63) is 77.0 Å². The minimum atomic E-state index is -1.57. The number of hydrogen-bond donors (Lipinski definition) is 3. The third kappa shape index (κ3) is 7.98. The molecule has 3 aliphatic heterocycles. The number of aromatic nitrogens is 1. The number of anilines is 3. The summed E-state index contributed by atoms with van der Waals surface area (Å²) in [6, 6.07) is 10.6. The van der Waals surface area contributed by atoms with E-state index in [1.807, 2.05) is 32.1 Å². The summed E-state index contributed by atoms with van der Waals surface area (Å²) in [6.07, 6.45) is 2.79. The van der Waals surface area contributed by atoms with Gasteiger partial charge in [-0.1, -0.05) is 48.4 Å². The van der Waals surface area contributed by atoms with Crippen LogP contribution in [0.5, 0.6) is 5.75 Å². The summed E-state index contributed by atoms with van der Waals surface area (Å²) in [4.78, 5) is 46.3. The molecule has 7 atom stereocenters. The maximum atomic E-state index is 14.1. The highest BCUT2D eigenvalue weighted by atomic mass is 35.5. The summed E-state index contributed by atoms with van der Waals surface area (Å²) in [5.74, 6) is -0.855. The molecule has 282 valence electrons. The Morgan fingerprint density at radius 1 is 1.17 bits per heavy atom. The topological polar surface area (TPSA) is 175 Å². The first-order valence-corrected chi connectivity index (χ1v) is 17.7. The summed E-state index contributed by atoms with van der Waals surface area (Å²) >= 11 is 6.76. The first kappa shape index (κ1) is 38.0. The lowest BCUT2D eigenvalue weighted by Crippen LogP contribution is -2.53. The zero-order valence-electron chi connectivity index (χ0n) is 30.6. The van der Waals surface area contributed by atoms with E-state index in [0.717, 1.165) is 21.9 Å². The van der Waals surface area contributed by atoms with Crippen molar-refractivity contribution in [2.45, 2.75) is 82.1 Å². The van der Waals surface area contributed by atoms with E-state index in [9.17, 15) is 19.5 Å². The molecule has 4 heterocycles. The van der Waals surface area contributed by atoms with E-state index >= 15 is 0 Å². The minimum absolute atomic E-state index is 0.0679. The molecule has 6 rings (SSSR count). The van der Waals surface area contributed by atoms with Gasteiger partial charge in [0.15, 0.2) is 0 Å². The predicted octanol–water partition coefficient (Wildman–Crippen LogP) is 5.75. The van der Waals surface area contributed by atoms with Gasteiger partial charge in [-0.3, -0.25) is 14.9 Å². The molecule has 3 aromatic rings. The van der Waals surface area contributed by atoms with E-state index in [2.05, 4.69) is 10.3 Å². The number of amides is 2. The number of benzene rings is 2. The molecule has 14 heteroatoms. The third-order valence-corrected chi connectivity index (χ3v) is 10.8. The highest BCUT2D eigenvalue weighted by Crippen LogP contribution is 2.50. The van der Waals surface area contributed by atoms with E-state index in [0.29, 0.717) is 23.5 Å². The van der Waals surface area contributed by atoms with Crippen LogP contribution in [0.4, 0.5) is 22.0 Å². The summed E-state index contributed by atoms with van der Waals surface area (Å²) in [7, 11) is 4.57. The number of allylic oxidation sites excluding steroid dienone is 3. The van der Waals surface area contributed by atoms with Crippen LogP contribution in [0, 0.1) is 5.92 Å². The number of ether oxygens (including phenoxy) is 5.